The number of benzene rings is 2. The van der Waals surface area contributed by atoms with Crippen LogP contribution in [0.15, 0.2) is 36.4 Å². The van der Waals surface area contributed by atoms with Crippen molar-refractivity contribution >= 4 is 17.5 Å². The molecule has 0 radical (unpaired) electrons. The van der Waals surface area contributed by atoms with E-state index in [0.717, 1.165) is 42.6 Å². The number of carbonyl (C=O) groups is 2. The van der Waals surface area contributed by atoms with Gasteiger partial charge < -0.3 is 20.6 Å². The lowest BCUT2D eigenvalue weighted by atomic mass is 9.61. The van der Waals surface area contributed by atoms with Crippen LogP contribution in [0.4, 0.5) is 14.5 Å². The summed E-state index contributed by atoms with van der Waals surface area (Å²) < 4.78 is 26.8. The lowest BCUT2D eigenvalue weighted by Gasteiger charge is -2.54. The van der Waals surface area contributed by atoms with E-state index >= 15 is 0 Å². The Labute approximate surface area is 179 Å². The fourth-order valence-corrected chi connectivity index (χ4v) is 4.90. The topological polar surface area (TPSA) is 81.7 Å². The molecular formula is C23H25F2N3O3. The number of amides is 2. The fourth-order valence-electron chi connectivity index (χ4n) is 4.90. The number of nitrogens with zero attached hydrogens (tertiary/aromatic N) is 1. The van der Waals surface area contributed by atoms with E-state index in [1.807, 2.05) is 13.1 Å². The number of likely N-dealkylation sites (tertiary alicyclic amines) is 1. The molecule has 8 heteroatoms. The Morgan fingerprint density at radius 3 is 2.71 bits per heavy atom. The number of rotatable bonds is 4. The van der Waals surface area contributed by atoms with Crippen LogP contribution in [0, 0.1) is 11.6 Å². The summed E-state index contributed by atoms with van der Waals surface area (Å²) in [6.45, 7) is 2.93. The van der Waals surface area contributed by atoms with Gasteiger partial charge in [0.15, 0.2) is 0 Å². The summed E-state index contributed by atoms with van der Waals surface area (Å²) in [5, 5.41) is 15.3. The second-order valence-corrected chi connectivity index (χ2v) is 8.66. The summed E-state index contributed by atoms with van der Waals surface area (Å²) in [5.41, 5.74) is 1.59. The van der Waals surface area contributed by atoms with E-state index in [1.54, 1.807) is 12.1 Å². The van der Waals surface area contributed by atoms with Gasteiger partial charge in [0.2, 0.25) is 11.8 Å². The van der Waals surface area contributed by atoms with Gasteiger partial charge >= 0.3 is 0 Å². The van der Waals surface area contributed by atoms with Crippen molar-refractivity contribution in [3.63, 3.8) is 0 Å². The highest BCUT2D eigenvalue weighted by atomic mass is 19.1. The maximum Gasteiger partial charge on any atom is 0.233 e. The number of nitrogens with one attached hydrogen (secondary N) is 2. The zero-order valence-corrected chi connectivity index (χ0v) is 17.4. The summed E-state index contributed by atoms with van der Waals surface area (Å²) in [4.78, 5) is 27.2. The minimum Gasteiger partial charge on any atom is -0.508 e. The number of phenols is 1. The summed E-state index contributed by atoms with van der Waals surface area (Å²) >= 11 is 0. The van der Waals surface area contributed by atoms with Gasteiger partial charge in [-0.15, -0.1) is 0 Å². The first kappa shape index (κ1) is 21.2. The second-order valence-electron chi connectivity index (χ2n) is 8.66. The van der Waals surface area contributed by atoms with Crippen molar-refractivity contribution in [3.05, 3.63) is 59.2 Å². The van der Waals surface area contributed by atoms with E-state index in [4.69, 9.17) is 0 Å². The molecule has 1 heterocycles. The van der Waals surface area contributed by atoms with Gasteiger partial charge in [0, 0.05) is 17.5 Å². The molecule has 0 spiro atoms. The van der Waals surface area contributed by atoms with Crippen LogP contribution in [-0.4, -0.2) is 47.5 Å². The van der Waals surface area contributed by atoms with Crippen molar-refractivity contribution in [2.24, 2.45) is 0 Å². The van der Waals surface area contributed by atoms with Gasteiger partial charge in [0.05, 0.1) is 11.7 Å². The molecule has 164 valence electrons. The van der Waals surface area contributed by atoms with E-state index in [9.17, 15) is 23.5 Å². The highest BCUT2D eigenvalue weighted by Crippen LogP contribution is 2.45. The molecule has 0 unspecified atom stereocenters. The number of aromatic hydroxyl groups is 1. The molecule has 2 amide bonds. The van der Waals surface area contributed by atoms with Crippen molar-refractivity contribution in [1.82, 2.24) is 10.2 Å². The van der Waals surface area contributed by atoms with Crippen LogP contribution in [0.1, 0.15) is 30.9 Å². The van der Waals surface area contributed by atoms with Gasteiger partial charge in [-0.25, -0.2) is 8.78 Å². The van der Waals surface area contributed by atoms with E-state index in [-0.39, 0.29) is 23.5 Å². The van der Waals surface area contributed by atoms with Gasteiger partial charge in [0.1, 0.15) is 23.8 Å². The van der Waals surface area contributed by atoms with Crippen molar-refractivity contribution in [2.75, 3.05) is 18.9 Å². The quantitative estimate of drug-likeness (QED) is 0.653. The van der Waals surface area contributed by atoms with E-state index < -0.39 is 35.3 Å². The molecule has 0 saturated carbocycles. The number of halogens is 2. The van der Waals surface area contributed by atoms with E-state index in [1.165, 1.54) is 0 Å². The maximum atomic E-state index is 13.8. The Bertz CT molecular complexity index is 1040. The van der Waals surface area contributed by atoms with Crippen LogP contribution in [0.2, 0.25) is 0 Å². The Balaban J connectivity index is 1.50. The molecular weight excluding hydrogens is 404 g/mol. The number of likely N-dealkylation sites (N-methyl/N-ethyl adjacent to an activating group) is 1. The first-order chi connectivity index (χ1) is 14.7. The molecule has 0 aromatic heterocycles. The van der Waals surface area contributed by atoms with Crippen molar-refractivity contribution in [2.45, 2.75) is 43.7 Å². The molecule has 2 aliphatic rings. The number of hydrogen-bond donors (Lipinski definition) is 3. The molecule has 1 saturated heterocycles. The molecule has 1 aliphatic carbocycles. The second kappa shape index (κ2) is 7.92. The number of anilines is 1. The molecule has 31 heavy (non-hydrogen) atoms. The SMILES string of the molecule is CN1CC[C@@]2(C)c3cc(O)ccc3C[C@@H]1[C@@H]2NC(=O)CC(=O)Nc1ccc(F)cc1F. The number of fused-ring (bicyclic) bond motifs is 4. The minimum atomic E-state index is -0.902. The molecule has 1 aliphatic heterocycles. The smallest absolute Gasteiger partial charge is 0.233 e. The highest BCUT2D eigenvalue weighted by Gasteiger charge is 2.50. The van der Waals surface area contributed by atoms with E-state index in [0.29, 0.717) is 6.07 Å². The van der Waals surface area contributed by atoms with Crippen LogP contribution < -0.4 is 10.6 Å². The third-order valence-corrected chi connectivity index (χ3v) is 6.60. The molecule has 3 N–H and O–H groups in total. The number of phenolic OH excluding ortho intramolecular Hbond substituents is 1. The summed E-state index contributed by atoms with van der Waals surface area (Å²) in [6, 6.07) is 7.99. The highest BCUT2D eigenvalue weighted by molar-refractivity contribution is 6.03. The number of piperidine rings is 1. The lowest BCUT2D eigenvalue weighted by molar-refractivity contribution is -0.128. The van der Waals surface area contributed by atoms with Crippen molar-refractivity contribution < 1.29 is 23.5 Å². The average Bonchev–Trinajstić information content (AvgIpc) is 2.70. The maximum absolute atomic E-state index is 13.8. The third kappa shape index (κ3) is 3.99. The Kier molecular flexibility index (Phi) is 5.43. The molecule has 4 rings (SSSR count). The van der Waals surface area contributed by atoms with Crippen LogP contribution in [0.3, 0.4) is 0 Å². The number of hydrogen-bond acceptors (Lipinski definition) is 4. The Hall–Kier alpha value is -3.00. The predicted molar refractivity (Wildman–Crippen MR) is 112 cm³/mol. The predicted octanol–water partition coefficient (Wildman–Crippen LogP) is 2.70. The van der Waals surface area contributed by atoms with Gasteiger partial charge in [-0.3, -0.25) is 9.59 Å². The van der Waals surface area contributed by atoms with Gasteiger partial charge in [-0.05, 0) is 61.8 Å². The van der Waals surface area contributed by atoms with Crippen molar-refractivity contribution in [1.29, 1.82) is 0 Å². The minimum absolute atomic E-state index is 0.0531. The molecule has 1 fully saturated rings. The van der Waals surface area contributed by atoms with Crippen LogP contribution in [0.5, 0.6) is 5.75 Å². The van der Waals surface area contributed by atoms with E-state index in [2.05, 4.69) is 22.5 Å². The molecule has 2 aromatic rings. The first-order valence-corrected chi connectivity index (χ1v) is 10.2. The van der Waals surface area contributed by atoms with Crippen LogP contribution in [-0.2, 0) is 21.4 Å². The summed E-state index contributed by atoms with van der Waals surface area (Å²) in [6.07, 6.45) is 1.03. The van der Waals surface area contributed by atoms with Crippen molar-refractivity contribution in [3.8, 4) is 5.75 Å². The zero-order valence-electron chi connectivity index (χ0n) is 17.4. The standard InChI is InChI=1S/C23H25F2N3O3/c1-23-7-8-28(2)19(9-13-3-5-15(29)11-16(13)23)22(23)27-21(31)12-20(30)26-18-6-4-14(24)10-17(18)25/h3-6,10-11,19,22,29H,7-9,12H2,1-2H3,(H,26,30)(H,27,31)/t19-,22+,23+/m1/s1. The normalized spacial score (nSPS) is 24.9. The third-order valence-electron chi connectivity index (χ3n) is 6.60. The zero-order chi connectivity index (χ0) is 22.3. The summed E-state index contributed by atoms with van der Waals surface area (Å²) in [5.74, 6) is -2.62. The molecule has 6 nitrogen and oxygen atoms in total. The molecule has 3 atom stereocenters. The van der Waals surface area contributed by atoms with Gasteiger partial charge in [-0.1, -0.05) is 13.0 Å². The monoisotopic (exact) mass is 429 g/mol. The number of carbonyl (C=O) groups excluding carboxylic acids is 2. The summed E-state index contributed by atoms with van der Waals surface area (Å²) in [7, 11) is 2.01. The molecule has 2 aromatic carbocycles. The molecule has 2 bridgehead atoms. The van der Waals surface area contributed by atoms with Crippen LogP contribution >= 0.6 is 0 Å². The first-order valence-electron chi connectivity index (χ1n) is 10.2. The fraction of sp³-hybridized carbons (Fsp3) is 0.391. The lowest BCUT2D eigenvalue weighted by Crippen LogP contribution is -2.67. The van der Waals surface area contributed by atoms with Gasteiger partial charge in [-0.2, -0.15) is 0 Å². The largest absolute Gasteiger partial charge is 0.508 e. The Morgan fingerprint density at radius 2 is 1.97 bits per heavy atom. The van der Waals surface area contributed by atoms with Crippen LogP contribution in [0.25, 0.3) is 0 Å². The van der Waals surface area contributed by atoms with Gasteiger partial charge in [0.25, 0.3) is 0 Å². The Morgan fingerprint density at radius 1 is 1.19 bits per heavy atom. The average molecular weight is 429 g/mol.